The van der Waals surface area contributed by atoms with Crippen LogP contribution in [0.3, 0.4) is 0 Å². The van der Waals surface area contributed by atoms with Gasteiger partial charge in [-0.1, -0.05) is 6.92 Å². The standard InChI is InChI=1S/C21H35ClF3N5O/c1-3-11(2)26-21(28-20(31)12-4-5-16(22)17(25)8-12)27-19-10-18(29-30-19)13-6-14(23)9-15(24)7-13/h11-19,29-30H,3-10H2,1-2H3,(H2,26,27,28,31). The summed E-state index contributed by atoms with van der Waals surface area (Å²) in [7, 11) is 0. The Hall–Kier alpha value is -1.06. The van der Waals surface area contributed by atoms with Gasteiger partial charge in [-0.15, -0.1) is 11.6 Å². The first-order chi connectivity index (χ1) is 14.7. The summed E-state index contributed by atoms with van der Waals surface area (Å²) < 4.78 is 41.5. The summed E-state index contributed by atoms with van der Waals surface area (Å²) in [4.78, 5) is 17.3. The molecule has 1 saturated heterocycles. The molecule has 8 atom stereocenters. The summed E-state index contributed by atoms with van der Waals surface area (Å²) in [5.74, 6) is -0.477. The number of halogens is 4. The Morgan fingerprint density at radius 2 is 1.81 bits per heavy atom. The molecule has 0 aromatic rings. The number of nitrogens with one attached hydrogen (secondary N) is 4. The fourth-order valence-corrected chi connectivity index (χ4v) is 4.87. The number of nitrogens with zero attached hydrogens (tertiary/aromatic N) is 1. The van der Waals surface area contributed by atoms with E-state index in [1.165, 1.54) is 0 Å². The maximum atomic E-state index is 14.0. The average Bonchev–Trinajstić information content (AvgIpc) is 3.17. The zero-order valence-corrected chi connectivity index (χ0v) is 19.0. The highest BCUT2D eigenvalue weighted by molar-refractivity contribution is 6.21. The first-order valence-corrected chi connectivity index (χ1v) is 11.9. The molecule has 6 nitrogen and oxygen atoms in total. The summed E-state index contributed by atoms with van der Waals surface area (Å²) in [5.41, 5.74) is 6.19. The molecule has 31 heavy (non-hydrogen) atoms. The Labute approximate surface area is 187 Å². The number of guanidine groups is 1. The van der Waals surface area contributed by atoms with Crippen molar-refractivity contribution in [3.63, 3.8) is 0 Å². The number of rotatable bonds is 5. The SMILES string of the molecule is CCC(C)N/C(=N\C1CC(C2CC(F)CC(F)C2)NN1)NC(=O)C1CCC(Cl)C(F)C1. The lowest BCUT2D eigenvalue weighted by Gasteiger charge is -2.31. The zero-order valence-electron chi connectivity index (χ0n) is 18.2. The number of aliphatic imine (C=N–C) groups is 1. The molecule has 0 aromatic carbocycles. The van der Waals surface area contributed by atoms with Crippen LogP contribution < -0.4 is 21.5 Å². The third-order valence-corrected chi connectivity index (χ3v) is 7.19. The monoisotopic (exact) mass is 465 g/mol. The topological polar surface area (TPSA) is 77.6 Å². The molecule has 3 aliphatic rings. The maximum absolute atomic E-state index is 14.0. The Morgan fingerprint density at radius 3 is 2.45 bits per heavy atom. The maximum Gasteiger partial charge on any atom is 0.229 e. The van der Waals surface area contributed by atoms with E-state index in [4.69, 9.17) is 11.6 Å². The highest BCUT2D eigenvalue weighted by atomic mass is 35.5. The van der Waals surface area contributed by atoms with Crippen molar-refractivity contribution in [1.29, 1.82) is 0 Å². The average molecular weight is 466 g/mol. The van der Waals surface area contributed by atoms with Gasteiger partial charge in [-0.25, -0.2) is 23.6 Å². The van der Waals surface area contributed by atoms with Crippen LogP contribution >= 0.6 is 11.6 Å². The van der Waals surface area contributed by atoms with Gasteiger partial charge in [-0.2, -0.15) is 0 Å². The molecule has 8 unspecified atom stereocenters. The van der Waals surface area contributed by atoms with Crippen LogP contribution in [0, 0.1) is 11.8 Å². The van der Waals surface area contributed by atoms with Gasteiger partial charge in [0.2, 0.25) is 5.91 Å². The van der Waals surface area contributed by atoms with Crippen molar-refractivity contribution >= 4 is 23.5 Å². The summed E-state index contributed by atoms with van der Waals surface area (Å²) in [5, 5.41) is 5.49. The lowest BCUT2D eigenvalue weighted by atomic mass is 9.81. The number of amides is 1. The summed E-state index contributed by atoms with van der Waals surface area (Å²) in [6.45, 7) is 3.99. The van der Waals surface area contributed by atoms with Gasteiger partial charge < -0.3 is 5.32 Å². The normalized spacial score (nSPS) is 40.4. The summed E-state index contributed by atoms with van der Waals surface area (Å²) in [6, 6.07) is -0.00737. The van der Waals surface area contributed by atoms with Crippen molar-refractivity contribution < 1.29 is 18.0 Å². The molecule has 0 radical (unpaired) electrons. The van der Waals surface area contributed by atoms with E-state index in [9.17, 15) is 18.0 Å². The van der Waals surface area contributed by atoms with Crippen LogP contribution in [0.15, 0.2) is 4.99 Å². The molecule has 3 rings (SSSR count). The van der Waals surface area contributed by atoms with Crippen LogP contribution in [0.5, 0.6) is 0 Å². The second kappa shape index (κ2) is 11.2. The van der Waals surface area contributed by atoms with Gasteiger partial charge in [0.15, 0.2) is 5.96 Å². The molecule has 0 aromatic heterocycles. The zero-order chi connectivity index (χ0) is 22.5. The van der Waals surface area contributed by atoms with E-state index in [-0.39, 0.29) is 42.9 Å². The van der Waals surface area contributed by atoms with E-state index in [1.807, 2.05) is 13.8 Å². The fourth-order valence-electron chi connectivity index (χ4n) is 4.64. The molecule has 178 valence electrons. The van der Waals surface area contributed by atoms with Gasteiger partial charge >= 0.3 is 0 Å². The minimum atomic E-state index is -1.19. The fraction of sp³-hybridized carbons (Fsp3) is 0.905. The molecule has 0 bridgehead atoms. The van der Waals surface area contributed by atoms with Crippen molar-refractivity contribution in [1.82, 2.24) is 21.5 Å². The molecule has 2 aliphatic carbocycles. The first kappa shape index (κ1) is 24.6. The highest BCUT2D eigenvalue weighted by Crippen LogP contribution is 2.33. The number of hydrogen-bond acceptors (Lipinski definition) is 4. The Bertz CT molecular complexity index is 632. The van der Waals surface area contributed by atoms with Crippen molar-refractivity contribution in [2.45, 2.75) is 107 Å². The van der Waals surface area contributed by atoms with Crippen LogP contribution in [0.25, 0.3) is 0 Å². The number of carbonyl (C=O) groups excluding carboxylic acids is 1. The minimum absolute atomic E-state index is 0.0153. The van der Waals surface area contributed by atoms with Crippen LogP contribution in [-0.2, 0) is 4.79 Å². The Morgan fingerprint density at radius 1 is 1.10 bits per heavy atom. The molecule has 10 heteroatoms. The van der Waals surface area contributed by atoms with Gasteiger partial charge in [0, 0.05) is 30.8 Å². The van der Waals surface area contributed by atoms with E-state index >= 15 is 0 Å². The van der Waals surface area contributed by atoms with E-state index in [2.05, 4.69) is 26.5 Å². The van der Waals surface area contributed by atoms with E-state index in [1.54, 1.807) is 0 Å². The van der Waals surface area contributed by atoms with Crippen LogP contribution in [0.1, 0.15) is 65.2 Å². The van der Waals surface area contributed by atoms with Crippen LogP contribution in [0.4, 0.5) is 13.2 Å². The molecule has 1 aliphatic heterocycles. The molecule has 1 amide bonds. The van der Waals surface area contributed by atoms with Gasteiger partial charge in [-0.3, -0.25) is 15.5 Å². The third kappa shape index (κ3) is 6.96. The van der Waals surface area contributed by atoms with Gasteiger partial charge in [-0.05, 0) is 51.4 Å². The Balaban J connectivity index is 1.61. The second-order valence-corrected chi connectivity index (χ2v) is 9.83. The first-order valence-electron chi connectivity index (χ1n) is 11.5. The lowest BCUT2D eigenvalue weighted by Crippen LogP contribution is -2.49. The molecular weight excluding hydrogens is 431 g/mol. The van der Waals surface area contributed by atoms with Crippen LogP contribution in [0.2, 0.25) is 0 Å². The largest absolute Gasteiger partial charge is 0.354 e. The highest BCUT2D eigenvalue weighted by Gasteiger charge is 2.38. The quantitative estimate of drug-likeness (QED) is 0.285. The van der Waals surface area contributed by atoms with Crippen LogP contribution in [-0.4, -0.2) is 54.0 Å². The van der Waals surface area contributed by atoms with Crippen molar-refractivity contribution in [2.24, 2.45) is 16.8 Å². The van der Waals surface area contributed by atoms with Gasteiger partial charge in [0.05, 0.1) is 5.38 Å². The smallest absolute Gasteiger partial charge is 0.229 e. The second-order valence-electron chi connectivity index (χ2n) is 9.27. The molecule has 4 N–H and O–H groups in total. The molecule has 2 saturated carbocycles. The summed E-state index contributed by atoms with van der Waals surface area (Å²) >= 11 is 5.93. The number of hydrogen-bond donors (Lipinski definition) is 4. The Kier molecular flexibility index (Phi) is 8.87. The predicted octanol–water partition coefficient (Wildman–Crippen LogP) is 3.26. The minimum Gasteiger partial charge on any atom is -0.354 e. The molecule has 3 fully saturated rings. The number of alkyl halides is 4. The van der Waals surface area contributed by atoms with Crippen molar-refractivity contribution in [2.75, 3.05) is 0 Å². The van der Waals surface area contributed by atoms with Gasteiger partial charge in [0.25, 0.3) is 0 Å². The third-order valence-electron chi connectivity index (χ3n) is 6.70. The van der Waals surface area contributed by atoms with Gasteiger partial charge in [0.1, 0.15) is 24.7 Å². The van der Waals surface area contributed by atoms with Crippen molar-refractivity contribution in [3.05, 3.63) is 0 Å². The van der Waals surface area contributed by atoms with Crippen molar-refractivity contribution in [3.8, 4) is 0 Å². The lowest BCUT2D eigenvalue weighted by molar-refractivity contribution is -0.125. The number of carbonyl (C=O) groups is 1. The number of hydrazine groups is 1. The van der Waals surface area contributed by atoms with E-state index in [0.29, 0.717) is 38.1 Å². The molecule has 1 heterocycles. The summed E-state index contributed by atoms with van der Waals surface area (Å²) in [6.07, 6.45) is -0.566. The predicted molar refractivity (Wildman–Crippen MR) is 116 cm³/mol. The molecule has 0 spiro atoms. The van der Waals surface area contributed by atoms with E-state index < -0.39 is 29.8 Å². The molecular formula is C21H35ClF3N5O. The van der Waals surface area contributed by atoms with E-state index in [0.717, 1.165) is 6.42 Å².